The molecule has 0 atom stereocenters. The molecular weight excluding hydrogens is 286 g/mol. The molecule has 0 aliphatic carbocycles. The number of hydrogen-bond acceptors (Lipinski definition) is 3. The normalized spacial score (nSPS) is 13.1. The van der Waals surface area contributed by atoms with E-state index in [1.807, 2.05) is 25.3 Å². The Bertz CT molecular complexity index is 554. The van der Waals surface area contributed by atoms with E-state index in [1.54, 1.807) is 12.3 Å². The van der Waals surface area contributed by atoms with Crippen LogP contribution in [0, 0.1) is 0 Å². The summed E-state index contributed by atoms with van der Waals surface area (Å²) < 4.78 is 29.5. The van der Waals surface area contributed by atoms with E-state index in [9.17, 15) is 8.42 Å². The number of nitrogens with zero attached hydrogens (tertiary/aromatic N) is 1. The average Bonchev–Trinajstić information content (AvgIpc) is 2.68. The molecule has 0 spiro atoms. The highest BCUT2D eigenvalue weighted by atomic mass is 32.2. The van der Waals surface area contributed by atoms with Crippen LogP contribution in [0.25, 0.3) is 0 Å². The Balaban J connectivity index is 3.06. The molecule has 2 N–H and O–H groups in total. The van der Waals surface area contributed by atoms with Crippen molar-refractivity contribution in [3.8, 4) is 0 Å². The van der Waals surface area contributed by atoms with Crippen molar-refractivity contribution in [2.75, 3.05) is 0 Å². The van der Waals surface area contributed by atoms with E-state index in [4.69, 9.17) is 0 Å². The van der Waals surface area contributed by atoms with Crippen LogP contribution < -0.4 is 10.0 Å². The molecule has 0 amide bonds. The van der Waals surface area contributed by atoms with Gasteiger partial charge in [-0.25, -0.2) is 13.1 Å². The molecule has 21 heavy (non-hydrogen) atoms. The molecule has 0 aliphatic heterocycles. The Morgan fingerprint density at radius 1 is 1.29 bits per heavy atom. The standard InChI is InChI=1S/C15H29N3O2S/c1-7-8-18-11-14(9-13(18)10-16-12(2)3)21(19,20)17-15(4,5)6/h9,11-12,16-17H,7-8,10H2,1-6H3. The molecule has 0 fully saturated rings. The first-order valence-electron chi connectivity index (χ1n) is 7.51. The Labute approximate surface area is 129 Å². The Morgan fingerprint density at radius 3 is 2.38 bits per heavy atom. The van der Waals surface area contributed by atoms with Crippen LogP contribution in [0.5, 0.6) is 0 Å². The predicted octanol–water partition coefficient (Wildman–Crippen LogP) is 2.47. The van der Waals surface area contributed by atoms with Gasteiger partial charge in [0.05, 0.1) is 4.90 Å². The summed E-state index contributed by atoms with van der Waals surface area (Å²) in [5.41, 5.74) is 0.516. The van der Waals surface area contributed by atoms with Gasteiger partial charge in [0.15, 0.2) is 0 Å². The summed E-state index contributed by atoms with van der Waals surface area (Å²) in [6.07, 6.45) is 2.70. The van der Waals surface area contributed by atoms with E-state index in [0.717, 1.165) is 18.7 Å². The van der Waals surface area contributed by atoms with Gasteiger partial charge in [-0.15, -0.1) is 0 Å². The molecule has 6 heteroatoms. The molecule has 1 rings (SSSR count). The van der Waals surface area contributed by atoms with Crippen LogP contribution in [0.15, 0.2) is 17.2 Å². The zero-order valence-electron chi connectivity index (χ0n) is 14.0. The van der Waals surface area contributed by atoms with E-state index in [0.29, 0.717) is 17.5 Å². The second kappa shape index (κ2) is 6.94. The molecule has 1 heterocycles. The maximum absolute atomic E-state index is 12.4. The number of aromatic nitrogens is 1. The molecule has 0 radical (unpaired) electrons. The average molecular weight is 315 g/mol. The molecule has 1 aromatic rings. The van der Waals surface area contributed by atoms with Gasteiger partial charge in [-0.05, 0) is 33.3 Å². The summed E-state index contributed by atoms with van der Waals surface area (Å²) in [6, 6.07) is 2.13. The zero-order valence-corrected chi connectivity index (χ0v) is 14.8. The fraction of sp³-hybridized carbons (Fsp3) is 0.733. The molecular formula is C15H29N3O2S. The van der Waals surface area contributed by atoms with Gasteiger partial charge < -0.3 is 9.88 Å². The van der Waals surface area contributed by atoms with Gasteiger partial charge in [0.25, 0.3) is 0 Å². The summed E-state index contributed by atoms with van der Waals surface area (Å²) in [7, 11) is -3.48. The minimum absolute atomic E-state index is 0.339. The molecule has 0 saturated carbocycles. The van der Waals surface area contributed by atoms with Gasteiger partial charge >= 0.3 is 0 Å². The van der Waals surface area contributed by atoms with Crippen LogP contribution in [0.1, 0.15) is 53.7 Å². The molecule has 0 aliphatic rings. The highest BCUT2D eigenvalue weighted by molar-refractivity contribution is 7.89. The number of nitrogens with one attached hydrogen (secondary N) is 2. The minimum atomic E-state index is -3.48. The van der Waals surface area contributed by atoms with Gasteiger partial charge in [-0.3, -0.25) is 0 Å². The maximum atomic E-state index is 12.4. The summed E-state index contributed by atoms with van der Waals surface area (Å²) in [5, 5.41) is 3.34. The van der Waals surface area contributed by atoms with Crippen LogP contribution in [-0.2, 0) is 23.1 Å². The highest BCUT2D eigenvalue weighted by Gasteiger charge is 2.24. The zero-order chi connectivity index (χ0) is 16.3. The summed E-state index contributed by atoms with van der Waals surface area (Å²) in [4.78, 5) is 0.339. The molecule has 5 nitrogen and oxygen atoms in total. The number of rotatable bonds is 7. The number of sulfonamides is 1. The molecule has 0 saturated heterocycles. The minimum Gasteiger partial charge on any atom is -0.349 e. The van der Waals surface area contributed by atoms with E-state index in [-0.39, 0.29) is 0 Å². The van der Waals surface area contributed by atoms with Crippen molar-refractivity contribution in [2.45, 2.75) is 77.5 Å². The van der Waals surface area contributed by atoms with Crippen molar-refractivity contribution < 1.29 is 8.42 Å². The van der Waals surface area contributed by atoms with Crippen LogP contribution >= 0.6 is 0 Å². The van der Waals surface area contributed by atoms with Crippen molar-refractivity contribution in [3.05, 3.63) is 18.0 Å². The van der Waals surface area contributed by atoms with Crippen molar-refractivity contribution in [1.29, 1.82) is 0 Å². The first-order valence-corrected chi connectivity index (χ1v) is 9.00. The van der Waals surface area contributed by atoms with Crippen LogP contribution in [0.4, 0.5) is 0 Å². The second-order valence-corrected chi connectivity index (χ2v) is 8.43. The molecule has 122 valence electrons. The fourth-order valence-electron chi connectivity index (χ4n) is 2.04. The summed E-state index contributed by atoms with van der Waals surface area (Å²) >= 11 is 0. The Morgan fingerprint density at radius 2 is 1.90 bits per heavy atom. The van der Waals surface area contributed by atoms with E-state index in [2.05, 4.69) is 30.8 Å². The lowest BCUT2D eigenvalue weighted by atomic mass is 10.1. The van der Waals surface area contributed by atoms with Crippen molar-refractivity contribution in [3.63, 3.8) is 0 Å². The lowest BCUT2D eigenvalue weighted by Gasteiger charge is -2.19. The lowest BCUT2D eigenvalue weighted by molar-refractivity contribution is 0.491. The first-order chi connectivity index (χ1) is 9.55. The van der Waals surface area contributed by atoms with Gasteiger partial charge in [0.1, 0.15) is 0 Å². The molecule has 0 aromatic carbocycles. The van der Waals surface area contributed by atoms with Crippen molar-refractivity contribution in [1.82, 2.24) is 14.6 Å². The largest absolute Gasteiger partial charge is 0.349 e. The predicted molar refractivity (Wildman–Crippen MR) is 86.8 cm³/mol. The van der Waals surface area contributed by atoms with Gasteiger partial charge in [-0.2, -0.15) is 0 Å². The Kier molecular flexibility index (Phi) is 6.01. The smallest absolute Gasteiger partial charge is 0.242 e. The van der Waals surface area contributed by atoms with Crippen LogP contribution in [0.3, 0.4) is 0 Å². The third kappa shape index (κ3) is 5.80. The SMILES string of the molecule is CCCn1cc(S(=O)(=O)NC(C)(C)C)cc1CNC(C)C. The van der Waals surface area contributed by atoms with E-state index >= 15 is 0 Å². The number of hydrogen-bond donors (Lipinski definition) is 2. The van der Waals surface area contributed by atoms with E-state index in [1.165, 1.54) is 0 Å². The van der Waals surface area contributed by atoms with E-state index < -0.39 is 15.6 Å². The third-order valence-corrected chi connectivity index (χ3v) is 4.59. The quantitative estimate of drug-likeness (QED) is 0.812. The first kappa shape index (κ1) is 18.2. The molecule has 0 bridgehead atoms. The molecule has 1 aromatic heterocycles. The van der Waals surface area contributed by atoms with Gasteiger partial charge in [0, 0.05) is 36.6 Å². The van der Waals surface area contributed by atoms with Crippen LogP contribution in [0.2, 0.25) is 0 Å². The highest BCUT2D eigenvalue weighted by Crippen LogP contribution is 2.17. The lowest BCUT2D eigenvalue weighted by Crippen LogP contribution is -2.40. The Hall–Kier alpha value is -0.850. The fourth-order valence-corrected chi connectivity index (χ4v) is 3.52. The summed E-state index contributed by atoms with van der Waals surface area (Å²) in [6.45, 7) is 13.3. The summed E-state index contributed by atoms with van der Waals surface area (Å²) in [5.74, 6) is 0. The maximum Gasteiger partial charge on any atom is 0.242 e. The number of aryl methyl sites for hydroxylation is 1. The van der Waals surface area contributed by atoms with Crippen molar-refractivity contribution >= 4 is 10.0 Å². The van der Waals surface area contributed by atoms with Crippen LogP contribution in [-0.4, -0.2) is 24.6 Å². The monoisotopic (exact) mass is 315 g/mol. The molecule has 0 unspecified atom stereocenters. The third-order valence-electron chi connectivity index (χ3n) is 2.87. The van der Waals surface area contributed by atoms with Gasteiger partial charge in [0.2, 0.25) is 10.0 Å². The van der Waals surface area contributed by atoms with Crippen molar-refractivity contribution in [2.24, 2.45) is 0 Å². The van der Waals surface area contributed by atoms with Gasteiger partial charge in [-0.1, -0.05) is 20.8 Å². The topological polar surface area (TPSA) is 63.1 Å². The second-order valence-electron chi connectivity index (χ2n) is 6.75.